The average molecular weight is 244 g/mol. The summed E-state index contributed by atoms with van der Waals surface area (Å²) in [6, 6.07) is -0.786. The zero-order valence-electron chi connectivity index (χ0n) is 6.87. The minimum atomic E-state index is -0.973. The molecule has 0 heterocycles. The molecule has 6 heteroatoms. The van der Waals surface area contributed by atoms with Crippen molar-refractivity contribution in [2.75, 3.05) is 11.5 Å². The van der Waals surface area contributed by atoms with Gasteiger partial charge < -0.3 is 10.8 Å². The van der Waals surface area contributed by atoms with Crippen molar-refractivity contribution in [3.05, 3.63) is 10.6 Å². The Labute approximate surface area is 91.3 Å². The van der Waals surface area contributed by atoms with Gasteiger partial charge in [-0.3, -0.25) is 4.79 Å². The SMILES string of the molecule is NC(CCSCC(Cl)=CCl)C(=O)O. The normalized spacial score (nSPS) is 14.2. The fourth-order valence-electron chi connectivity index (χ4n) is 0.535. The first-order chi connectivity index (χ1) is 6.07. The Morgan fingerprint density at radius 2 is 2.31 bits per heavy atom. The lowest BCUT2D eigenvalue weighted by molar-refractivity contribution is -0.138. The number of nitrogens with two attached hydrogens (primary N) is 1. The lowest BCUT2D eigenvalue weighted by atomic mass is 10.2. The van der Waals surface area contributed by atoms with Gasteiger partial charge in [0.05, 0.1) is 0 Å². The van der Waals surface area contributed by atoms with E-state index in [0.717, 1.165) is 0 Å². The number of carbonyl (C=O) groups is 1. The van der Waals surface area contributed by atoms with Crippen LogP contribution < -0.4 is 5.73 Å². The number of carboxylic acid groups (broad SMARTS) is 1. The van der Waals surface area contributed by atoms with Gasteiger partial charge >= 0.3 is 5.97 Å². The highest BCUT2D eigenvalue weighted by Gasteiger charge is 2.10. The molecule has 3 N–H and O–H groups in total. The standard InChI is InChI=1S/C7H11Cl2NO2S/c8-3-5(9)4-13-2-1-6(10)7(11)12/h3,6H,1-2,4,10H2,(H,11,12). The van der Waals surface area contributed by atoms with Gasteiger partial charge in [-0.2, -0.15) is 11.8 Å². The van der Waals surface area contributed by atoms with E-state index in [1.807, 2.05) is 0 Å². The molecule has 0 aromatic carbocycles. The Kier molecular flexibility index (Phi) is 7.56. The summed E-state index contributed by atoms with van der Waals surface area (Å²) in [4.78, 5) is 10.3. The molecule has 0 aromatic heterocycles. The number of rotatable bonds is 6. The van der Waals surface area contributed by atoms with Crippen LogP contribution in [0.1, 0.15) is 6.42 Å². The first-order valence-corrected chi connectivity index (χ1v) is 5.55. The van der Waals surface area contributed by atoms with Crippen LogP contribution in [0.25, 0.3) is 0 Å². The van der Waals surface area contributed by atoms with Gasteiger partial charge in [-0.25, -0.2) is 0 Å². The molecular formula is C7H11Cl2NO2S. The predicted octanol–water partition coefficient (Wildman–Crippen LogP) is 1.84. The van der Waals surface area contributed by atoms with E-state index >= 15 is 0 Å². The largest absolute Gasteiger partial charge is 0.480 e. The second-order valence-electron chi connectivity index (χ2n) is 2.34. The molecule has 0 radical (unpaired) electrons. The fourth-order valence-corrected chi connectivity index (χ4v) is 1.78. The second-order valence-corrected chi connectivity index (χ2v) is 4.15. The van der Waals surface area contributed by atoms with Crippen molar-refractivity contribution in [3.8, 4) is 0 Å². The highest BCUT2D eigenvalue weighted by Crippen LogP contribution is 2.13. The van der Waals surface area contributed by atoms with Crippen LogP contribution in [0.5, 0.6) is 0 Å². The van der Waals surface area contributed by atoms with Gasteiger partial charge in [-0.05, 0) is 12.2 Å². The Morgan fingerprint density at radius 3 is 2.77 bits per heavy atom. The summed E-state index contributed by atoms with van der Waals surface area (Å²) in [6.45, 7) is 0. The van der Waals surface area contributed by atoms with Gasteiger partial charge in [-0.1, -0.05) is 23.2 Å². The maximum Gasteiger partial charge on any atom is 0.320 e. The number of hydrogen-bond donors (Lipinski definition) is 2. The molecule has 0 aliphatic heterocycles. The van der Waals surface area contributed by atoms with Crippen LogP contribution >= 0.6 is 35.0 Å². The quantitative estimate of drug-likeness (QED) is 0.700. The molecule has 0 spiro atoms. The third-order valence-electron chi connectivity index (χ3n) is 1.25. The number of hydrogen-bond acceptors (Lipinski definition) is 3. The second kappa shape index (κ2) is 7.50. The number of thioether (sulfide) groups is 1. The molecule has 1 unspecified atom stereocenters. The van der Waals surface area contributed by atoms with E-state index in [1.54, 1.807) is 0 Å². The summed E-state index contributed by atoms with van der Waals surface area (Å²) in [5.74, 6) is 0.283. The Hall–Kier alpha value is 0.1000. The van der Waals surface area contributed by atoms with Gasteiger partial charge in [-0.15, -0.1) is 0 Å². The maximum atomic E-state index is 10.3. The van der Waals surface area contributed by atoms with Crippen LogP contribution in [0.4, 0.5) is 0 Å². The zero-order valence-corrected chi connectivity index (χ0v) is 9.20. The molecule has 0 aromatic rings. The van der Waals surface area contributed by atoms with Crippen LogP contribution in [0.15, 0.2) is 10.6 Å². The third kappa shape index (κ3) is 7.19. The molecule has 0 fully saturated rings. The number of aliphatic carboxylic acids is 1. The Morgan fingerprint density at radius 1 is 1.69 bits per heavy atom. The van der Waals surface area contributed by atoms with E-state index in [1.165, 1.54) is 17.3 Å². The molecule has 0 aliphatic rings. The van der Waals surface area contributed by atoms with Crippen LogP contribution in [0.3, 0.4) is 0 Å². The Balaban J connectivity index is 3.41. The Bertz CT molecular complexity index is 199. The summed E-state index contributed by atoms with van der Waals surface area (Å²) < 4.78 is 0. The summed E-state index contributed by atoms with van der Waals surface area (Å²) in [5.41, 5.74) is 6.58. The van der Waals surface area contributed by atoms with Crippen molar-refractivity contribution in [1.29, 1.82) is 0 Å². The van der Waals surface area contributed by atoms with E-state index in [9.17, 15) is 4.79 Å². The third-order valence-corrected chi connectivity index (χ3v) is 3.06. The van der Waals surface area contributed by atoms with Gasteiger partial charge in [0.25, 0.3) is 0 Å². The van der Waals surface area contributed by atoms with Crippen molar-refractivity contribution in [2.24, 2.45) is 5.73 Å². The molecule has 0 rings (SSSR count). The minimum absolute atomic E-state index is 0.437. The van der Waals surface area contributed by atoms with Crippen molar-refractivity contribution in [2.45, 2.75) is 12.5 Å². The van der Waals surface area contributed by atoms with E-state index in [0.29, 0.717) is 23.0 Å². The van der Waals surface area contributed by atoms with E-state index in [-0.39, 0.29) is 0 Å². The number of carboxylic acids is 1. The van der Waals surface area contributed by atoms with E-state index in [4.69, 9.17) is 34.0 Å². The first-order valence-electron chi connectivity index (χ1n) is 3.58. The van der Waals surface area contributed by atoms with Crippen molar-refractivity contribution >= 4 is 40.9 Å². The molecule has 0 saturated carbocycles. The predicted molar refractivity (Wildman–Crippen MR) is 57.3 cm³/mol. The molecule has 0 saturated heterocycles. The van der Waals surface area contributed by atoms with Gasteiger partial charge in [0.15, 0.2) is 0 Å². The molecule has 13 heavy (non-hydrogen) atoms. The topological polar surface area (TPSA) is 63.3 Å². The lowest BCUT2D eigenvalue weighted by Gasteiger charge is -2.04. The maximum absolute atomic E-state index is 10.3. The molecule has 0 bridgehead atoms. The highest BCUT2D eigenvalue weighted by molar-refractivity contribution is 7.99. The van der Waals surface area contributed by atoms with Crippen molar-refractivity contribution < 1.29 is 9.90 Å². The van der Waals surface area contributed by atoms with Crippen LogP contribution in [-0.2, 0) is 4.79 Å². The fraction of sp³-hybridized carbons (Fsp3) is 0.571. The van der Waals surface area contributed by atoms with Gasteiger partial charge in [0.1, 0.15) is 6.04 Å². The summed E-state index contributed by atoms with van der Waals surface area (Å²) in [5, 5.41) is 9.00. The van der Waals surface area contributed by atoms with Gasteiger partial charge in [0.2, 0.25) is 0 Å². The molecule has 76 valence electrons. The molecule has 0 amide bonds. The first kappa shape index (κ1) is 13.1. The summed E-state index contributed by atoms with van der Waals surface area (Å²) in [7, 11) is 0. The monoisotopic (exact) mass is 243 g/mol. The summed E-state index contributed by atoms with van der Waals surface area (Å²) in [6.07, 6.45) is 0.437. The van der Waals surface area contributed by atoms with Crippen LogP contribution in [0.2, 0.25) is 0 Å². The van der Waals surface area contributed by atoms with E-state index < -0.39 is 12.0 Å². The summed E-state index contributed by atoms with van der Waals surface area (Å²) >= 11 is 12.4. The van der Waals surface area contributed by atoms with Crippen molar-refractivity contribution in [3.63, 3.8) is 0 Å². The van der Waals surface area contributed by atoms with E-state index in [2.05, 4.69) is 0 Å². The average Bonchev–Trinajstić information content (AvgIpc) is 2.11. The number of halogens is 2. The van der Waals surface area contributed by atoms with Crippen LogP contribution in [0, 0.1) is 0 Å². The molecule has 0 aliphatic carbocycles. The lowest BCUT2D eigenvalue weighted by Crippen LogP contribution is -2.30. The zero-order chi connectivity index (χ0) is 10.3. The molecular weight excluding hydrogens is 233 g/mol. The van der Waals surface area contributed by atoms with Gasteiger partial charge in [0, 0.05) is 16.3 Å². The molecule has 1 atom stereocenters. The van der Waals surface area contributed by atoms with Crippen molar-refractivity contribution in [1.82, 2.24) is 0 Å². The smallest absolute Gasteiger partial charge is 0.320 e. The molecule has 3 nitrogen and oxygen atoms in total. The minimum Gasteiger partial charge on any atom is -0.480 e. The van der Waals surface area contributed by atoms with Crippen LogP contribution in [-0.4, -0.2) is 28.6 Å². The highest BCUT2D eigenvalue weighted by atomic mass is 35.5.